The quantitative estimate of drug-likeness (QED) is 0.412. The average molecular weight is 520 g/mol. The van der Waals surface area contributed by atoms with Gasteiger partial charge in [-0.1, -0.05) is 23.7 Å². The van der Waals surface area contributed by atoms with Crippen molar-refractivity contribution in [1.29, 1.82) is 0 Å². The van der Waals surface area contributed by atoms with Gasteiger partial charge < -0.3 is 23.8 Å². The lowest BCUT2D eigenvalue weighted by Gasteiger charge is -2.30. The second kappa shape index (κ2) is 10.0. The minimum absolute atomic E-state index is 0.0935. The van der Waals surface area contributed by atoms with Crippen LogP contribution >= 0.6 is 11.6 Å². The van der Waals surface area contributed by atoms with E-state index < -0.39 is 5.91 Å². The van der Waals surface area contributed by atoms with Gasteiger partial charge in [-0.05, 0) is 47.5 Å². The molecule has 2 aromatic heterocycles. The zero-order chi connectivity index (χ0) is 25.4. The van der Waals surface area contributed by atoms with Crippen molar-refractivity contribution < 1.29 is 18.7 Å². The third kappa shape index (κ3) is 4.87. The first kappa shape index (κ1) is 23.8. The summed E-state index contributed by atoms with van der Waals surface area (Å²) in [5.41, 5.74) is 2.31. The van der Waals surface area contributed by atoms with Crippen LogP contribution in [-0.2, 0) is 24.4 Å². The molecule has 1 saturated heterocycles. The van der Waals surface area contributed by atoms with Crippen molar-refractivity contribution in [3.8, 4) is 5.75 Å². The van der Waals surface area contributed by atoms with Gasteiger partial charge in [0.1, 0.15) is 17.1 Å². The van der Waals surface area contributed by atoms with Gasteiger partial charge in [-0.25, -0.2) is 0 Å². The molecule has 1 atom stereocenters. The molecule has 2 aromatic carbocycles. The third-order valence-electron chi connectivity index (χ3n) is 6.81. The van der Waals surface area contributed by atoms with Gasteiger partial charge in [0.2, 0.25) is 5.43 Å². The molecule has 2 aliphatic heterocycles. The summed E-state index contributed by atoms with van der Waals surface area (Å²) in [6, 6.07) is 14.8. The molecule has 4 heterocycles. The van der Waals surface area contributed by atoms with Gasteiger partial charge in [0.25, 0.3) is 5.91 Å². The summed E-state index contributed by atoms with van der Waals surface area (Å²) in [4.78, 5) is 29.1. The molecule has 8 nitrogen and oxygen atoms in total. The minimum atomic E-state index is -0.424. The summed E-state index contributed by atoms with van der Waals surface area (Å²) in [6.45, 7) is 4.37. The number of pyridine rings is 1. The molecular weight excluding hydrogens is 494 g/mol. The number of rotatable bonds is 6. The van der Waals surface area contributed by atoms with Crippen LogP contribution in [0.5, 0.6) is 5.75 Å². The van der Waals surface area contributed by atoms with E-state index in [-0.39, 0.29) is 23.6 Å². The van der Waals surface area contributed by atoms with Crippen LogP contribution in [0.25, 0.3) is 10.9 Å². The number of furan rings is 1. The lowest BCUT2D eigenvalue weighted by Crippen LogP contribution is -2.35. The number of carbonyl (C=O) groups is 1. The average Bonchev–Trinajstić information content (AvgIpc) is 3.45. The van der Waals surface area contributed by atoms with Crippen LogP contribution in [0.1, 0.15) is 33.3 Å². The molecule has 190 valence electrons. The van der Waals surface area contributed by atoms with E-state index in [1.807, 2.05) is 41.0 Å². The molecule has 0 spiro atoms. The zero-order valence-electron chi connectivity index (χ0n) is 20.1. The summed E-state index contributed by atoms with van der Waals surface area (Å²) >= 11 is 5.96. The Bertz CT molecular complexity index is 1490. The van der Waals surface area contributed by atoms with Crippen molar-refractivity contribution in [3.05, 3.63) is 98.7 Å². The van der Waals surface area contributed by atoms with E-state index in [0.29, 0.717) is 53.7 Å². The zero-order valence-corrected chi connectivity index (χ0v) is 20.9. The summed E-state index contributed by atoms with van der Waals surface area (Å²) in [5.74, 6) is 0.871. The smallest absolute Gasteiger partial charge is 0.257 e. The van der Waals surface area contributed by atoms with Gasteiger partial charge in [-0.15, -0.1) is 0 Å². The maximum Gasteiger partial charge on any atom is 0.257 e. The molecule has 0 bridgehead atoms. The van der Waals surface area contributed by atoms with Gasteiger partial charge >= 0.3 is 0 Å². The van der Waals surface area contributed by atoms with Crippen molar-refractivity contribution in [3.63, 3.8) is 0 Å². The maximum atomic E-state index is 13.6. The number of morpholine rings is 1. The van der Waals surface area contributed by atoms with Crippen LogP contribution in [0, 0.1) is 0 Å². The van der Waals surface area contributed by atoms with E-state index in [4.69, 9.17) is 25.5 Å². The highest BCUT2D eigenvalue weighted by molar-refractivity contribution is 6.30. The number of nitrogens with one attached hydrogen (secondary N) is 1. The summed E-state index contributed by atoms with van der Waals surface area (Å²) in [6.07, 6.45) is 2.86. The Balaban J connectivity index is 1.38. The first-order valence-electron chi connectivity index (χ1n) is 12.3. The predicted molar refractivity (Wildman–Crippen MR) is 139 cm³/mol. The number of halogens is 1. The fourth-order valence-electron chi connectivity index (χ4n) is 4.93. The van der Waals surface area contributed by atoms with E-state index >= 15 is 0 Å². The SMILES string of the molecule is O=C(NCc1ccc(Cl)cc1)c1cn2c3c(cc(CN4CCOCC4)cc3c1=O)O[C@H](c1ccco1)C2. The lowest BCUT2D eigenvalue weighted by atomic mass is 10.0. The Labute approximate surface area is 218 Å². The van der Waals surface area contributed by atoms with Crippen molar-refractivity contribution >= 4 is 28.4 Å². The normalized spacial score (nSPS) is 17.5. The standard InChI is InChI=1S/C28H26ClN3O5/c29-20-5-3-18(4-6-20)14-30-28(34)22-16-32-17-25(23-2-1-9-36-23)37-24-13-19(12-21(26(24)32)27(22)33)15-31-7-10-35-11-8-31/h1-6,9,12-13,16,25H,7-8,10-11,14-15,17H2,(H,30,34)/t25-/m0/s1. The van der Waals surface area contributed by atoms with Gasteiger partial charge in [0.15, 0.2) is 6.10 Å². The molecule has 6 rings (SSSR count). The van der Waals surface area contributed by atoms with Crippen LogP contribution in [0.4, 0.5) is 0 Å². The molecule has 0 unspecified atom stereocenters. The highest BCUT2D eigenvalue weighted by Gasteiger charge is 2.28. The number of hydrogen-bond acceptors (Lipinski definition) is 6. The first-order chi connectivity index (χ1) is 18.0. The summed E-state index contributed by atoms with van der Waals surface area (Å²) < 4.78 is 19.4. The van der Waals surface area contributed by atoms with Crippen LogP contribution in [0.15, 0.2) is 70.2 Å². The Morgan fingerprint density at radius 1 is 1.08 bits per heavy atom. The Hall–Kier alpha value is -3.59. The van der Waals surface area contributed by atoms with Crippen LogP contribution in [0.2, 0.25) is 5.02 Å². The third-order valence-corrected chi connectivity index (χ3v) is 7.06. The summed E-state index contributed by atoms with van der Waals surface area (Å²) in [5, 5.41) is 3.97. The van der Waals surface area contributed by atoms with E-state index in [2.05, 4.69) is 10.2 Å². The minimum Gasteiger partial charge on any atom is -0.478 e. The molecular formula is C28H26ClN3O5. The van der Waals surface area contributed by atoms with Gasteiger partial charge in [0.05, 0.1) is 36.9 Å². The summed E-state index contributed by atoms with van der Waals surface area (Å²) in [7, 11) is 0. The second-order valence-electron chi connectivity index (χ2n) is 9.33. The Morgan fingerprint density at radius 3 is 2.65 bits per heavy atom. The van der Waals surface area contributed by atoms with Crippen LogP contribution < -0.4 is 15.5 Å². The molecule has 1 N–H and O–H groups in total. The molecule has 9 heteroatoms. The maximum absolute atomic E-state index is 13.6. The van der Waals surface area contributed by atoms with Crippen molar-refractivity contribution in [2.45, 2.75) is 25.7 Å². The van der Waals surface area contributed by atoms with Gasteiger partial charge in [-0.3, -0.25) is 14.5 Å². The molecule has 37 heavy (non-hydrogen) atoms. The van der Waals surface area contributed by atoms with Gasteiger partial charge in [0, 0.05) is 37.4 Å². The number of nitrogens with zero attached hydrogens (tertiary/aromatic N) is 2. The molecule has 1 amide bonds. The largest absolute Gasteiger partial charge is 0.478 e. The molecule has 0 aliphatic carbocycles. The number of benzene rings is 2. The predicted octanol–water partition coefficient (Wildman–Crippen LogP) is 4.14. The number of carbonyl (C=O) groups excluding carboxylic acids is 1. The van der Waals surface area contributed by atoms with E-state index in [1.54, 1.807) is 24.6 Å². The fraction of sp³-hybridized carbons (Fsp3) is 0.286. The van der Waals surface area contributed by atoms with Crippen molar-refractivity contribution in [1.82, 2.24) is 14.8 Å². The molecule has 4 aromatic rings. The number of amides is 1. The number of hydrogen-bond donors (Lipinski definition) is 1. The molecule has 0 saturated carbocycles. The molecule has 1 fully saturated rings. The first-order valence-corrected chi connectivity index (χ1v) is 12.7. The van der Waals surface area contributed by atoms with Gasteiger partial charge in [-0.2, -0.15) is 0 Å². The van der Waals surface area contributed by atoms with Crippen molar-refractivity contribution in [2.75, 3.05) is 26.3 Å². The van der Waals surface area contributed by atoms with E-state index in [1.165, 1.54) is 0 Å². The highest BCUT2D eigenvalue weighted by Crippen LogP contribution is 2.36. The monoisotopic (exact) mass is 519 g/mol. The van der Waals surface area contributed by atoms with Crippen LogP contribution in [-0.4, -0.2) is 41.7 Å². The van der Waals surface area contributed by atoms with E-state index in [0.717, 1.165) is 24.2 Å². The molecule has 0 radical (unpaired) electrons. The topological polar surface area (TPSA) is 85.9 Å². The highest BCUT2D eigenvalue weighted by atomic mass is 35.5. The molecule has 2 aliphatic rings. The Morgan fingerprint density at radius 2 is 1.89 bits per heavy atom. The second-order valence-corrected chi connectivity index (χ2v) is 9.77. The lowest BCUT2D eigenvalue weighted by molar-refractivity contribution is 0.0341. The van der Waals surface area contributed by atoms with Crippen molar-refractivity contribution in [2.24, 2.45) is 0 Å². The van der Waals surface area contributed by atoms with Crippen LogP contribution in [0.3, 0.4) is 0 Å². The van der Waals surface area contributed by atoms with E-state index in [9.17, 15) is 9.59 Å². The number of ether oxygens (including phenoxy) is 2. The fourth-order valence-corrected chi connectivity index (χ4v) is 5.06. The Kier molecular flexibility index (Phi) is 6.46. The number of aromatic nitrogens is 1.